The van der Waals surface area contributed by atoms with Crippen LogP contribution in [-0.2, 0) is 9.47 Å². The van der Waals surface area contributed by atoms with E-state index in [-0.39, 0.29) is 6.03 Å². The minimum absolute atomic E-state index is 0.0610. The maximum atomic E-state index is 13.4. The third kappa shape index (κ3) is 4.01. The number of piperidine rings is 1. The van der Waals surface area contributed by atoms with E-state index in [1.54, 1.807) is 11.0 Å². The average Bonchev–Trinajstić information content (AvgIpc) is 3.33. The van der Waals surface area contributed by atoms with Crippen molar-refractivity contribution in [3.8, 4) is 0 Å². The predicted octanol–water partition coefficient (Wildman–Crippen LogP) is 2.34. The van der Waals surface area contributed by atoms with Crippen molar-refractivity contribution in [3.05, 3.63) is 29.8 Å². The molecule has 0 aliphatic carbocycles. The van der Waals surface area contributed by atoms with Crippen LogP contribution < -0.4 is 10.2 Å². The second-order valence-electron chi connectivity index (χ2n) is 7.48. The molecule has 1 aromatic carbocycles. The Morgan fingerprint density at radius 2 is 1.89 bits per heavy atom. The van der Waals surface area contributed by atoms with E-state index >= 15 is 0 Å². The lowest BCUT2D eigenvalue weighted by atomic mass is 10.0. The zero-order valence-corrected chi connectivity index (χ0v) is 15.3. The highest BCUT2D eigenvalue weighted by atomic mass is 19.2. The molecule has 1 spiro atoms. The zero-order chi connectivity index (χ0) is 18.9. The molecule has 1 aromatic rings. The Balaban J connectivity index is 1.22. The number of likely N-dealkylation sites (tertiary alicyclic amines) is 1. The number of urea groups is 1. The van der Waals surface area contributed by atoms with Gasteiger partial charge in [0.05, 0.1) is 13.2 Å². The minimum atomic E-state index is -0.835. The fraction of sp³-hybridized carbons (Fsp3) is 0.632. The molecule has 148 valence electrons. The molecule has 0 unspecified atom stereocenters. The van der Waals surface area contributed by atoms with Gasteiger partial charge in [0.1, 0.15) is 0 Å². The number of rotatable bonds is 3. The number of carbonyl (C=O) groups is 1. The van der Waals surface area contributed by atoms with Crippen LogP contribution in [0.15, 0.2) is 18.2 Å². The lowest BCUT2D eigenvalue weighted by Gasteiger charge is -2.37. The van der Waals surface area contributed by atoms with Crippen LogP contribution in [0.2, 0.25) is 0 Å². The second-order valence-corrected chi connectivity index (χ2v) is 7.48. The Kier molecular flexibility index (Phi) is 5.19. The van der Waals surface area contributed by atoms with E-state index in [1.807, 2.05) is 4.90 Å². The smallest absolute Gasteiger partial charge is 0.317 e. The van der Waals surface area contributed by atoms with Gasteiger partial charge in [-0.05, 0) is 24.5 Å². The monoisotopic (exact) mass is 381 g/mol. The number of carbonyl (C=O) groups excluding carboxylic acids is 1. The first kappa shape index (κ1) is 18.4. The normalized spacial score (nSPS) is 24.6. The van der Waals surface area contributed by atoms with Crippen molar-refractivity contribution in [2.75, 3.05) is 50.8 Å². The summed E-state index contributed by atoms with van der Waals surface area (Å²) in [5.74, 6) is -1.85. The first-order chi connectivity index (χ1) is 13.0. The van der Waals surface area contributed by atoms with Crippen molar-refractivity contribution in [1.29, 1.82) is 0 Å². The molecule has 4 rings (SSSR count). The number of benzene rings is 1. The second kappa shape index (κ2) is 7.59. The molecule has 0 bridgehead atoms. The lowest BCUT2D eigenvalue weighted by molar-refractivity contribution is -0.181. The summed E-state index contributed by atoms with van der Waals surface area (Å²) in [6, 6.07) is 3.91. The van der Waals surface area contributed by atoms with Gasteiger partial charge >= 0.3 is 6.03 Å². The standard InChI is InChI=1S/C19H25F2N3O3/c20-16-2-1-15(11-17(16)21)24-6-3-14(13-24)12-22-18(25)23-7-4-19(5-8-23)26-9-10-27-19/h1-2,11,14H,3-10,12-13H2,(H,22,25)/t14-/m0/s1. The highest BCUT2D eigenvalue weighted by Crippen LogP contribution is 2.31. The van der Waals surface area contributed by atoms with Crippen LogP contribution in [0.3, 0.4) is 0 Å². The molecule has 3 aliphatic rings. The van der Waals surface area contributed by atoms with Crippen LogP contribution in [0.5, 0.6) is 0 Å². The molecule has 0 aromatic heterocycles. The van der Waals surface area contributed by atoms with Gasteiger partial charge in [-0.1, -0.05) is 0 Å². The number of hydrogen-bond acceptors (Lipinski definition) is 4. The molecule has 2 amide bonds. The van der Waals surface area contributed by atoms with Gasteiger partial charge in [-0.25, -0.2) is 13.6 Å². The first-order valence-corrected chi connectivity index (χ1v) is 9.55. The molecule has 3 heterocycles. The number of hydrogen-bond donors (Lipinski definition) is 1. The van der Waals surface area contributed by atoms with Crippen LogP contribution in [-0.4, -0.2) is 62.7 Å². The summed E-state index contributed by atoms with van der Waals surface area (Å²) >= 11 is 0. The van der Waals surface area contributed by atoms with E-state index in [2.05, 4.69) is 5.32 Å². The molecule has 3 fully saturated rings. The van der Waals surface area contributed by atoms with Gasteiger partial charge in [-0.3, -0.25) is 0 Å². The van der Waals surface area contributed by atoms with Gasteiger partial charge < -0.3 is 24.6 Å². The highest BCUT2D eigenvalue weighted by molar-refractivity contribution is 5.74. The summed E-state index contributed by atoms with van der Waals surface area (Å²) in [6.07, 6.45) is 2.31. The fourth-order valence-corrected chi connectivity index (χ4v) is 4.10. The van der Waals surface area contributed by atoms with Gasteiger partial charge in [-0.15, -0.1) is 0 Å². The Morgan fingerprint density at radius 1 is 1.15 bits per heavy atom. The van der Waals surface area contributed by atoms with E-state index in [0.29, 0.717) is 57.3 Å². The van der Waals surface area contributed by atoms with Gasteiger partial charge in [-0.2, -0.15) is 0 Å². The quantitative estimate of drug-likeness (QED) is 0.873. The van der Waals surface area contributed by atoms with Crippen molar-refractivity contribution in [3.63, 3.8) is 0 Å². The van der Waals surface area contributed by atoms with Crippen molar-refractivity contribution < 1.29 is 23.0 Å². The number of anilines is 1. The van der Waals surface area contributed by atoms with Gasteiger partial charge in [0, 0.05) is 57.3 Å². The van der Waals surface area contributed by atoms with E-state index in [1.165, 1.54) is 6.07 Å². The van der Waals surface area contributed by atoms with Crippen LogP contribution in [0.4, 0.5) is 19.3 Å². The summed E-state index contributed by atoms with van der Waals surface area (Å²) in [5.41, 5.74) is 0.681. The van der Waals surface area contributed by atoms with E-state index in [4.69, 9.17) is 9.47 Å². The number of ether oxygens (including phenoxy) is 2. The topological polar surface area (TPSA) is 54.0 Å². The summed E-state index contributed by atoms with van der Waals surface area (Å²) in [6.45, 7) is 4.57. The molecule has 1 atom stereocenters. The summed E-state index contributed by atoms with van der Waals surface area (Å²) in [4.78, 5) is 16.3. The van der Waals surface area contributed by atoms with Crippen molar-refractivity contribution in [1.82, 2.24) is 10.2 Å². The maximum absolute atomic E-state index is 13.4. The predicted molar refractivity (Wildman–Crippen MR) is 95.5 cm³/mol. The maximum Gasteiger partial charge on any atom is 0.317 e. The van der Waals surface area contributed by atoms with Crippen molar-refractivity contribution in [2.45, 2.75) is 25.0 Å². The number of halogens is 2. The SMILES string of the molecule is O=C(NC[C@@H]1CCN(c2ccc(F)c(F)c2)C1)N1CCC2(CC1)OCCO2. The molecule has 3 aliphatic heterocycles. The van der Waals surface area contributed by atoms with Crippen LogP contribution in [0, 0.1) is 17.6 Å². The third-order valence-electron chi connectivity index (χ3n) is 5.72. The Bertz CT molecular complexity index is 687. The molecule has 1 N–H and O–H groups in total. The van der Waals surface area contributed by atoms with Crippen LogP contribution >= 0.6 is 0 Å². The van der Waals surface area contributed by atoms with Crippen molar-refractivity contribution >= 4 is 11.7 Å². The summed E-state index contributed by atoms with van der Waals surface area (Å²) < 4.78 is 37.9. The average molecular weight is 381 g/mol. The number of amides is 2. The van der Waals surface area contributed by atoms with Crippen molar-refractivity contribution in [2.24, 2.45) is 5.92 Å². The molecule has 8 heteroatoms. The number of nitrogens with zero attached hydrogens (tertiary/aromatic N) is 2. The minimum Gasteiger partial charge on any atom is -0.371 e. The molecule has 3 saturated heterocycles. The molecule has 27 heavy (non-hydrogen) atoms. The molecular formula is C19H25F2N3O3. The highest BCUT2D eigenvalue weighted by Gasteiger charge is 2.40. The molecule has 0 radical (unpaired) electrons. The largest absolute Gasteiger partial charge is 0.371 e. The summed E-state index contributed by atoms with van der Waals surface area (Å²) in [5, 5.41) is 3.01. The molecule has 6 nitrogen and oxygen atoms in total. The van der Waals surface area contributed by atoms with E-state index < -0.39 is 17.4 Å². The van der Waals surface area contributed by atoms with Gasteiger partial charge in [0.15, 0.2) is 17.4 Å². The lowest BCUT2D eigenvalue weighted by Crippen LogP contribution is -2.51. The number of nitrogens with one attached hydrogen (secondary N) is 1. The Morgan fingerprint density at radius 3 is 2.59 bits per heavy atom. The third-order valence-corrected chi connectivity index (χ3v) is 5.72. The van der Waals surface area contributed by atoms with Gasteiger partial charge in [0.2, 0.25) is 0 Å². The van der Waals surface area contributed by atoms with Crippen LogP contribution in [0.25, 0.3) is 0 Å². The van der Waals surface area contributed by atoms with Crippen LogP contribution in [0.1, 0.15) is 19.3 Å². The Labute approximate surface area is 157 Å². The summed E-state index contributed by atoms with van der Waals surface area (Å²) in [7, 11) is 0. The van der Waals surface area contributed by atoms with E-state index in [0.717, 1.165) is 25.6 Å². The fourth-order valence-electron chi connectivity index (χ4n) is 4.10. The Hall–Kier alpha value is -1.93. The zero-order valence-electron chi connectivity index (χ0n) is 15.3. The van der Waals surface area contributed by atoms with Gasteiger partial charge in [0.25, 0.3) is 0 Å². The molecule has 0 saturated carbocycles. The molecular weight excluding hydrogens is 356 g/mol. The van der Waals surface area contributed by atoms with E-state index in [9.17, 15) is 13.6 Å². The first-order valence-electron chi connectivity index (χ1n) is 9.55.